The Morgan fingerprint density at radius 3 is 1.66 bits per heavy atom. The number of unbranched alkanes of at least 4 members (excludes halogenated alkanes) is 13. The Hall–Kier alpha value is -1.36. The second-order valence-corrected chi connectivity index (χ2v) is 8.30. The molecule has 0 amide bonds. The molecule has 0 aromatic heterocycles. The topological polar surface area (TPSA) is 94.8 Å². The largest absolute Gasteiger partial charge is 0.505 e. The first kappa shape index (κ1) is 27.6. The van der Waals surface area contributed by atoms with Crippen LogP contribution in [0, 0.1) is 0 Å². The van der Waals surface area contributed by atoms with Crippen LogP contribution in [0.25, 0.3) is 0 Å². The quantitative estimate of drug-likeness (QED) is 0.121. The lowest BCUT2D eigenvalue weighted by molar-refractivity contribution is -0.151. The minimum absolute atomic E-state index is 0.0707. The number of allylic oxidation sites excluding steroid dienone is 1. The summed E-state index contributed by atoms with van der Waals surface area (Å²) < 4.78 is 0. The molecule has 0 heterocycles. The molecule has 0 aliphatic rings. The Morgan fingerprint density at radius 1 is 0.724 bits per heavy atom. The third kappa shape index (κ3) is 14.3. The van der Waals surface area contributed by atoms with E-state index >= 15 is 0 Å². The van der Waals surface area contributed by atoms with Crippen LogP contribution in [-0.2, 0) is 9.59 Å². The number of carboxylic acids is 1. The van der Waals surface area contributed by atoms with Crippen LogP contribution in [-0.4, -0.2) is 32.7 Å². The number of aliphatic carboxylic acids is 1. The summed E-state index contributed by atoms with van der Waals surface area (Å²) in [6.07, 6.45) is 16.5. The Kier molecular flexibility index (Phi) is 16.7. The third-order valence-corrected chi connectivity index (χ3v) is 5.44. The smallest absolute Gasteiger partial charge is 0.306 e. The molecule has 170 valence electrons. The molecule has 1 atom stereocenters. The molecule has 1 unspecified atom stereocenters. The summed E-state index contributed by atoms with van der Waals surface area (Å²) in [7, 11) is 0. The van der Waals surface area contributed by atoms with Crippen LogP contribution in [0.5, 0.6) is 0 Å². The summed E-state index contributed by atoms with van der Waals surface area (Å²) in [5.41, 5.74) is -2.02. The fourth-order valence-electron chi connectivity index (χ4n) is 3.58. The summed E-state index contributed by atoms with van der Waals surface area (Å²) in [5.74, 6) is -2.58. The van der Waals surface area contributed by atoms with Crippen LogP contribution in [0.1, 0.15) is 123 Å². The van der Waals surface area contributed by atoms with Gasteiger partial charge >= 0.3 is 5.97 Å². The molecule has 0 aromatic carbocycles. The van der Waals surface area contributed by atoms with E-state index in [1.807, 2.05) is 0 Å². The first-order valence-electron chi connectivity index (χ1n) is 11.8. The zero-order chi connectivity index (χ0) is 22.0. The molecule has 3 N–H and O–H groups in total. The number of aliphatic hydroxyl groups excluding tert-OH is 1. The van der Waals surface area contributed by atoms with E-state index < -0.39 is 29.5 Å². The molecule has 0 spiro atoms. The molecule has 0 radical (unpaired) electrons. The van der Waals surface area contributed by atoms with Crippen molar-refractivity contribution in [2.75, 3.05) is 0 Å². The van der Waals surface area contributed by atoms with Gasteiger partial charge in [-0.1, -0.05) is 97.3 Å². The normalized spacial score (nSPS) is 14.0. The maximum Gasteiger partial charge on any atom is 0.306 e. The van der Waals surface area contributed by atoms with Crippen LogP contribution >= 0.6 is 0 Å². The predicted octanol–water partition coefficient (Wildman–Crippen LogP) is 6.48. The standard InChI is InChI=1S/C24H44O5/c1-3-5-7-9-11-12-14-16-18-21(25)23(28)24(29,20-22(26)27)19-17-15-13-10-8-6-4-2/h18,25,29H,3-17,19-20H2,1-2H3,(H,26,27)/b21-18-. The van der Waals surface area contributed by atoms with E-state index in [0.29, 0.717) is 12.8 Å². The van der Waals surface area contributed by atoms with E-state index in [9.17, 15) is 19.8 Å². The predicted molar refractivity (Wildman–Crippen MR) is 118 cm³/mol. The van der Waals surface area contributed by atoms with Crippen molar-refractivity contribution in [3.05, 3.63) is 11.8 Å². The number of hydrogen-bond acceptors (Lipinski definition) is 4. The van der Waals surface area contributed by atoms with Gasteiger partial charge in [0.2, 0.25) is 5.78 Å². The monoisotopic (exact) mass is 412 g/mol. The van der Waals surface area contributed by atoms with Crippen molar-refractivity contribution in [1.29, 1.82) is 0 Å². The number of aliphatic hydroxyl groups is 2. The number of hydrogen-bond donors (Lipinski definition) is 3. The molecule has 0 saturated carbocycles. The van der Waals surface area contributed by atoms with Gasteiger partial charge < -0.3 is 15.3 Å². The molecule has 0 fully saturated rings. The fraction of sp³-hybridized carbons (Fsp3) is 0.833. The van der Waals surface area contributed by atoms with Gasteiger partial charge in [-0.3, -0.25) is 9.59 Å². The Labute approximate surface area is 177 Å². The van der Waals surface area contributed by atoms with Crippen molar-refractivity contribution >= 4 is 11.8 Å². The number of carboxylic acid groups (broad SMARTS) is 1. The van der Waals surface area contributed by atoms with Gasteiger partial charge in [-0.2, -0.15) is 0 Å². The van der Waals surface area contributed by atoms with Gasteiger partial charge in [-0.15, -0.1) is 0 Å². The van der Waals surface area contributed by atoms with Gasteiger partial charge in [-0.05, 0) is 25.3 Å². The zero-order valence-corrected chi connectivity index (χ0v) is 18.8. The summed E-state index contributed by atoms with van der Waals surface area (Å²) in [4.78, 5) is 23.7. The van der Waals surface area contributed by atoms with E-state index in [-0.39, 0.29) is 6.42 Å². The van der Waals surface area contributed by atoms with E-state index in [4.69, 9.17) is 5.11 Å². The molecule has 5 heteroatoms. The van der Waals surface area contributed by atoms with Crippen LogP contribution in [0.15, 0.2) is 11.8 Å². The molecular weight excluding hydrogens is 368 g/mol. The van der Waals surface area contributed by atoms with Crippen molar-refractivity contribution in [3.8, 4) is 0 Å². The number of carbonyl (C=O) groups excluding carboxylic acids is 1. The molecule has 0 rings (SSSR count). The molecule has 0 aliphatic heterocycles. The highest BCUT2D eigenvalue weighted by molar-refractivity contribution is 6.01. The molecule has 0 aromatic rings. The van der Waals surface area contributed by atoms with E-state index in [2.05, 4.69) is 13.8 Å². The molecule has 0 saturated heterocycles. The lowest BCUT2D eigenvalue weighted by atomic mass is 9.86. The van der Waals surface area contributed by atoms with Gasteiger partial charge in [0.15, 0.2) is 5.76 Å². The van der Waals surface area contributed by atoms with Gasteiger partial charge in [0.05, 0.1) is 6.42 Å². The minimum Gasteiger partial charge on any atom is -0.505 e. The fourth-order valence-corrected chi connectivity index (χ4v) is 3.58. The first-order chi connectivity index (χ1) is 13.9. The van der Waals surface area contributed by atoms with Gasteiger partial charge in [0.1, 0.15) is 5.60 Å². The average Bonchev–Trinajstić information content (AvgIpc) is 2.68. The highest BCUT2D eigenvalue weighted by Gasteiger charge is 2.39. The summed E-state index contributed by atoms with van der Waals surface area (Å²) in [6, 6.07) is 0. The Bertz CT molecular complexity index is 472. The van der Waals surface area contributed by atoms with E-state index in [0.717, 1.165) is 38.5 Å². The number of Topliss-reactive ketones (excluding diaryl/α,β-unsaturated/α-hetero) is 1. The molecular formula is C24H44O5. The van der Waals surface area contributed by atoms with Gasteiger partial charge in [0, 0.05) is 0 Å². The van der Waals surface area contributed by atoms with Crippen molar-refractivity contribution in [3.63, 3.8) is 0 Å². The van der Waals surface area contributed by atoms with Crippen LogP contribution in [0.4, 0.5) is 0 Å². The highest BCUT2D eigenvalue weighted by Crippen LogP contribution is 2.24. The molecule has 0 bridgehead atoms. The van der Waals surface area contributed by atoms with E-state index in [1.165, 1.54) is 51.0 Å². The summed E-state index contributed by atoms with van der Waals surface area (Å²) in [6.45, 7) is 4.34. The van der Waals surface area contributed by atoms with Crippen molar-refractivity contribution in [1.82, 2.24) is 0 Å². The lowest BCUT2D eigenvalue weighted by Crippen LogP contribution is -2.41. The highest BCUT2D eigenvalue weighted by atomic mass is 16.4. The van der Waals surface area contributed by atoms with Gasteiger partial charge in [0.25, 0.3) is 0 Å². The maximum absolute atomic E-state index is 12.5. The second-order valence-electron chi connectivity index (χ2n) is 8.30. The SMILES string of the molecule is CCCCCCCCC/C=C(\O)C(=O)C(O)(CCCCCCCCC)CC(=O)O. The number of rotatable bonds is 20. The minimum atomic E-state index is -2.02. The second kappa shape index (κ2) is 17.5. The number of ketones is 1. The van der Waals surface area contributed by atoms with E-state index in [1.54, 1.807) is 0 Å². The Morgan fingerprint density at radius 2 is 1.17 bits per heavy atom. The number of carbonyl (C=O) groups is 2. The average molecular weight is 413 g/mol. The van der Waals surface area contributed by atoms with Crippen molar-refractivity contribution in [2.24, 2.45) is 0 Å². The molecule has 29 heavy (non-hydrogen) atoms. The maximum atomic E-state index is 12.5. The van der Waals surface area contributed by atoms with Crippen LogP contribution < -0.4 is 0 Å². The van der Waals surface area contributed by atoms with Crippen LogP contribution in [0.2, 0.25) is 0 Å². The Balaban J connectivity index is 4.41. The summed E-state index contributed by atoms with van der Waals surface area (Å²) >= 11 is 0. The molecule has 5 nitrogen and oxygen atoms in total. The molecule has 0 aliphatic carbocycles. The van der Waals surface area contributed by atoms with Crippen LogP contribution in [0.3, 0.4) is 0 Å². The third-order valence-electron chi connectivity index (χ3n) is 5.44. The first-order valence-corrected chi connectivity index (χ1v) is 11.8. The van der Waals surface area contributed by atoms with Crippen molar-refractivity contribution in [2.45, 2.75) is 129 Å². The zero-order valence-electron chi connectivity index (χ0n) is 18.8. The van der Waals surface area contributed by atoms with Crippen molar-refractivity contribution < 1.29 is 24.9 Å². The summed E-state index contributed by atoms with van der Waals surface area (Å²) in [5, 5.41) is 29.9. The lowest BCUT2D eigenvalue weighted by Gasteiger charge is -2.24. The van der Waals surface area contributed by atoms with Gasteiger partial charge in [-0.25, -0.2) is 0 Å².